The van der Waals surface area contributed by atoms with Crippen LogP contribution in [0.15, 0.2) is 0 Å². The zero-order valence-electron chi connectivity index (χ0n) is 4.62. The van der Waals surface area contributed by atoms with Gasteiger partial charge in [-0.1, -0.05) is 0 Å². The number of phosphoric acid groups is 2. The molecule has 0 aliphatic heterocycles. The molecule has 0 fully saturated rings. The molecule has 0 heterocycles. The second-order valence-corrected chi connectivity index (χ2v) is 3.68. The summed E-state index contributed by atoms with van der Waals surface area (Å²) in [5, 5.41) is 0. The summed E-state index contributed by atoms with van der Waals surface area (Å²) in [6.45, 7) is 0. The van der Waals surface area contributed by atoms with Crippen LogP contribution in [0.4, 0.5) is 0 Å². The van der Waals surface area contributed by atoms with Gasteiger partial charge in [-0.25, -0.2) is 9.13 Å². The Morgan fingerprint density at radius 3 is 1.10 bits per heavy atom. The van der Waals surface area contributed by atoms with Crippen LogP contribution in [0, 0.1) is 0 Å². The summed E-state index contributed by atoms with van der Waals surface area (Å²) in [7, 11) is -10.1. The van der Waals surface area contributed by atoms with Crippen LogP contribution in [0.1, 0.15) is 0 Å². The molecule has 0 amide bonds. The maximum atomic E-state index is 9.63. The summed E-state index contributed by atoms with van der Waals surface area (Å²) in [5.74, 6) is 0. The van der Waals surface area contributed by atoms with Gasteiger partial charge in [-0.15, -0.1) is 0 Å². The van der Waals surface area contributed by atoms with E-state index in [1.807, 2.05) is 0 Å². The maximum absolute atomic E-state index is 9.63. The van der Waals surface area contributed by atoms with Crippen LogP contribution >= 0.6 is 15.6 Å². The molecular formula is H4CaO7P2+2. The molecule has 0 aromatic heterocycles. The quantitative estimate of drug-likeness (QED) is 0.339. The number of hydrogen-bond donors (Lipinski definition) is 4. The van der Waals surface area contributed by atoms with E-state index in [1.54, 1.807) is 0 Å². The van der Waals surface area contributed by atoms with Crippen LogP contribution in [-0.2, 0) is 13.4 Å². The van der Waals surface area contributed by atoms with Gasteiger partial charge in [-0.05, 0) is 0 Å². The molecule has 0 rings (SSSR count). The Kier molecular flexibility index (Phi) is 6.36. The smallest absolute Gasteiger partial charge is 0.302 e. The van der Waals surface area contributed by atoms with Crippen LogP contribution in [0.5, 0.6) is 0 Å². The van der Waals surface area contributed by atoms with Gasteiger partial charge in [0.25, 0.3) is 0 Å². The van der Waals surface area contributed by atoms with Gasteiger partial charge in [0, 0.05) is 0 Å². The normalized spacial score (nSPS) is 12.4. The van der Waals surface area contributed by atoms with Crippen LogP contribution in [0.2, 0.25) is 0 Å². The van der Waals surface area contributed by atoms with Gasteiger partial charge < -0.3 is 19.6 Å². The first-order valence-electron chi connectivity index (χ1n) is 1.53. The van der Waals surface area contributed by atoms with E-state index in [1.165, 1.54) is 0 Å². The van der Waals surface area contributed by atoms with Crippen molar-refractivity contribution in [3.8, 4) is 0 Å². The predicted octanol–water partition coefficient (Wildman–Crippen LogP) is -1.19. The molecule has 0 unspecified atom stereocenters. The van der Waals surface area contributed by atoms with Gasteiger partial charge in [0.15, 0.2) is 0 Å². The Morgan fingerprint density at radius 2 is 1.10 bits per heavy atom. The van der Waals surface area contributed by atoms with E-state index in [0.29, 0.717) is 0 Å². The molecule has 10 heavy (non-hydrogen) atoms. The van der Waals surface area contributed by atoms with Gasteiger partial charge in [-0.3, -0.25) is 0 Å². The third-order valence-electron chi connectivity index (χ3n) is 0.213. The fourth-order valence-electron chi connectivity index (χ4n) is 0.139. The first-order valence-corrected chi connectivity index (χ1v) is 4.59. The van der Waals surface area contributed by atoms with E-state index < -0.39 is 15.6 Å². The fourth-order valence-corrected chi connectivity index (χ4v) is 1.25. The molecule has 0 atom stereocenters. The van der Waals surface area contributed by atoms with Crippen molar-refractivity contribution < 1.29 is 33.0 Å². The van der Waals surface area contributed by atoms with E-state index in [2.05, 4.69) is 4.31 Å². The molecule has 0 bridgehead atoms. The van der Waals surface area contributed by atoms with Crippen molar-refractivity contribution in [3.63, 3.8) is 0 Å². The Bertz CT molecular complexity index is 152. The summed E-state index contributed by atoms with van der Waals surface area (Å²) in [4.78, 5) is 31.0. The van der Waals surface area contributed by atoms with E-state index >= 15 is 0 Å². The van der Waals surface area contributed by atoms with Gasteiger partial charge in [0.1, 0.15) is 0 Å². The molecule has 0 aromatic rings. The van der Waals surface area contributed by atoms with Crippen molar-refractivity contribution in [2.45, 2.75) is 0 Å². The van der Waals surface area contributed by atoms with E-state index in [9.17, 15) is 9.13 Å². The molecule has 56 valence electrons. The van der Waals surface area contributed by atoms with Crippen LogP contribution in [0.3, 0.4) is 0 Å². The van der Waals surface area contributed by atoms with Gasteiger partial charge in [0.2, 0.25) is 0 Å². The Balaban J connectivity index is 0. The van der Waals surface area contributed by atoms with Crippen molar-refractivity contribution >= 4 is 53.4 Å². The second-order valence-electron chi connectivity index (χ2n) is 1.06. The van der Waals surface area contributed by atoms with Crippen molar-refractivity contribution in [1.29, 1.82) is 0 Å². The Morgan fingerprint density at radius 1 is 0.900 bits per heavy atom. The summed E-state index contributed by atoms with van der Waals surface area (Å²) in [6, 6.07) is 0. The number of rotatable bonds is 2. The molecule has 0 spiro atoms. The van der Waals surface area contributed by atoms with E-state index in [4.69, 9.17) is 19.6 Å². The molecule has 0 saturated carbocycles. The predicted molar refractivity (Wildman–Crippen MR) is 30.9 cm³/mol. The van der Waals surface area contributed by atoms with Gasteiger partial charge in [-0.2, -0.15) is 4.31 Å². The summed E-state index contributed by atoms with van der Waals surface area (Å²) < 4.78 is 22.2. The topological polar surface area (TPSA) is 124 Å². The van der Waals surface area contributed by atoms with Crippen molar-refractivity contribution in [1.82, 2.24) is 0 Å². The third kappa shape index (κ3) is 12.2. The minimum Gasteiger partial charge on any atom is -0.302 e. The van der Waals surface area contributed by atoms with Crippen molar-refractivity contribution in [2.75, 3.05) is 0 Å². The first-order chi connectivity index (χ1) is 3.71. The first kappa shape index (κ1) is 14.1. The monoisotopic (exact) mass is 218 g/mol. The van der Waals surface area contributed by atoms with Crippen molar-refractivity contribution in [3.05, 3.63) is 0 Å². The molecule has 0 aliphatic rings. The molecule has 7 nitrogen and oxygen atoms in total. The number of hydrogen-bond acceptors (Lipinski definition) is 3. The minimum atomic E-state index is -5.05. The summed E-state index contributed by atoms with van der Waals surface area (Å²) in [6.07, 6.45) is 0. The molecule has 0 radical (unpaired) electrons. The average molecular weight is 218 g/mol. The zero-order chi connectivity index (χ0) is 7.71. The second kappa shape index (κ2) is 4.52. The molecule has 10 heteroatoms. The van der Waals surface area contributed by atoms with Gasteiger partial charge in [0.05, 0.1) is 0 Å². The zero-order valence-corrected chi connectivity index (χ0v) is 8.61. The Hall–Kier alpha value is 1.52. The molecular weight excluding hydrogens is 214 g/mol. The average Bonchev–Trinajstić information content (AvgIpc) is 1.14. The molecule has 0 aromatic carbocycles. The van der Waals surface area contributed by atoms with E-state index in [-0.39, 0.29) is 37.7 Å². The SMILES string of the molecule is O=P(O)(O)OP(=O)(O)O.[Ca+2]. The fraction of sp³-hybridized carbons (Fsp3) is 0. The van der Waals surface area contributed by atoms with Crippen LogP contribution < -0.4 is 0 Å². The molecule has 0 saturated heterocycles. The standard InChI is InChI=1S/Ca.H4O7P2/c;1-8(2,3)7-9(4,5)6/h;(H2,1,2,3)(H2,4,5,6)/q+2;. The maximum Gasteiger partial charge on any atom is 2.00 e. The Labute approximate surface area is 85.9 Å². The van der Waals surface area contributed by atoms with Crippen molar-refractivity contribution in [2.24, 2.45) is 0 Å². The van der Waals surface area contributed by atoms with Crippen LogP contribution in [0.25, 0.3) is 0 Å². The molecule has 4 N–H and O–H groups in total. The molecule has 0 aliphatic carbocycles. The largest absolute Gasteiger partial charge is 2.00 e. The van der Waals surface area contributed by atoms with Crippen LogP contribution in [-0.4, -0.2) is 57.3 Å². The summed E-state index contributed by atoms with van der Waals surface area (Å²) >= 11 is 0. The minimum absolute atomic E-state index is 0. The summed E-state index contributed by atoms with van der Waals surface area (Å²) in [5.41, 5.74) is 0. The van der Waals surface area contributed by atoms with Gasteiger partial charge >= 0.3 is 53.4 Å². The van der Waals surface area contributed by atoms with E-state index in [0.717, 1.165) is 0 Å². The third-order valence-corrected chi connectivity index (χ3v) is 1.91.